The number of carbonyl (C=O) groups is 3. The fourth-order valence-corrected chi connectivity index (χ4v) is 4.44. The standard InChI is InChI=1S/C33H30O10/c1-19(41-20(2)34)18-27(38)43-33-29(23-11-15-25(36)16-12-23)30(39)32(28(31(33)40)22-9-13-24(35)14-10-22)42-26(37)17-8-21-6-4-3-5-7-21/h3-7,9-16,19,35-36,39-40H,8,17-18H2,1-2H3/t19-/m1/s1. The van der Waals surface area contributed by atoms with Crippen LogP contribution in [0.15, 0.2) is 78.9 Å². The molecule has 0 saturated carbocycles. The van der Waals surface area contributed by atoms with Crippen LogP contribution in [0.3, 0.4) is 0 Å². The SMILES string of the molecule is CC(=O)O[C@H](C)CC(=O)Oc1c(O)c(-c2ccc(O)cc2)c(OC(=O)CCc2ccccc2)c(O)c1-c1ccc(O)cc1. The van der Waals surface area contributed by atoms with Gasteiger partial charge in [0.15, 0.2) is 23.0 Å². The third kappa shape index (κ3) is 7.62. The van der Waals surface area contributed by atoms with Crippen molar-refractivity contribution in [2.75, 3.05) is 0 Å². The van der Waals surface area contributed by atoms with Gasteiger partial charge >= 0.3 is 17.9 Å². The van der Waals surface area contributed by atoms with E-state index in [1.165, 1.54) is 62.4 Å². The van der Waals surface area contributed by atoms with Crippen LogP contribution in [0, 0.1) is 0 Å². The van der Waals surface area contributed by atoms with Gasteiger partial charge in [-0.25, -0.2) is 0 Å². The minimum Gasteiger partial charge on any atom is -0.508 e. The molecule has 0 radical (unpaired) electrons. The van der Waals surface area contributed by atoms with Crippen LogP contribution >= 0.6 is 0 Å². The molecule has 10 heteroatoms. The van der Waals surface area contributed by atoms with Crippen molar-refractivity contribution in [1.82, 2.24) is 0 Å². The van der Waals surface area contributed by atoms with Crippen molar-refractivity contribution in [2.45, 2.75) is 39.2 Å². The molecule has 0 amide bonds. The molecule has 0 saturated heterocycles. The van der Waals surface area contributed by atoms with Gasteiger partial charge in [-0.15, -0.1) is 0 Å². The third-order valence-corrected chi connectivity index (χ3v) is 6.38. The van der Waals surface area contributed by atoms with E-state index in [9.17, 15) is 34.8 Å². The van der Waals surface area contributed by atoms with E-state index in [4.69, 9.17) is 14.2 Å². The number of hydrogen-bond donors (Lipinski definition) is 4. The third-order valence-electron chi connectivity index (χ3n) is 6.38. The quantitative estimate of drug-likeness (QED) is 0.104. The van der Waals surface area contributed by atoms with Crippen LogP contribution in [0.2, 0.25) is 0 Å². The van der Waals surface area contributed by atoms with Crippen LogP contribution in [-0.2, 0) is 25.5 Å². The summed E-state index contributed by atoms with van der Waals surface area (Å²) >= 11 is 0. The average Bonchev–Trinajstić information content (AvgIpc) is 2.96. The van der Waals surface area contributed by atoms with E-state index in [1.54, 1.807) is 0 Å². The average molecular weight is 587 g/mol. The zero-order valence-corrected chi connectivity index (χ0v) is 23.4. The molecule has 0 unspecified atom stereocenters. The van der Waals surface area contributed by atoms with E-state index >= 15 is 0 Å². The predicted molar refractivity (Wildman–Crippen MR) is 156 cm³/mol. The fourth-order valence-electron chi connectivity index (χ4n) is 4.44. The number of esters is 3. The smallest absolute Gasteiger partial charge is 0.315 e. The van der Waals surface area contributed by atoms with E-state index < -0.39 is 47.0 Å². The highest BCUT2D eigenvalue weighted by atomic mass is 16.6. The first kappa shape index (κ1) is 30.4. The molecule has 0 aliphatic rings. The second-order valence-corrected chi connectivity index (χ2v) is 9.76. The van der Waals surface area contributed by atoms with Crippen molar-refractivity contribution in [2.24, 2.45) is 0 Å². The minimum absolute atomic E-state index is 0.0570. The van der Waals surface area contributed by atoms with E-state index in [0.717, 1.165) is 5.56 Å². The topological polar surface area (TPSA) is 160 Å². The van der Waals surface area contributed by atoms with E-state index in [0.29, 0.717) is 6.42 Å². The summed E-state index contributed by atoms with van der Waals surface area (Å²) in [5.41, 5.74) is 0.947. The van der Waals surface area contributed by atoms with Gasteiger partial charge in [0.1, 0.15) is 17.6 Å². The zero-order valence-electron chi connectivity index (χ0n) is 23.4. The second-order valence-electron chi connectivity index (χ2n) is 9.76. The van der Waals surface area contributed by atoms with Crippen molar-refractivity contribution in [3.05, 3.63) is 84.4 Å². The van der Waals surface area contributed by atoms with Gasteiger partial charge in [-0.05, 0) is 54.3 Å². The van der Waals surface area contributed by atoms with Gasteiger partial charge in [0.2, 0.25) is 0 Å². The summed E-state index contributed by atoms with van der Waals surface area (Å²) in [6.45, 7) is 2.68. The van der Waals surface area contributed by atoms with E-state index in [1.807, 2.05) is 30.3 Å². The molecule has 0 aromatic heterocycles. The van der Waals surface area contributed by atoms with Crippen LogP contribution in [0.25, 0.3) is 22.3 Å². The molecule has 4 aromatic rings. The van der Waals surface area contributed by atoms with Gasteiger partial charge in [0.25, 0.3) is 0 Å². The van der Waals surface area contributed by atoms with Crippen molar-refractivity contribution in [3.8, 4) is 56.8 Å². The number of aromatic hydroxyl groups is 4. The lowest BCUT2D eigenvalue weighted by Gasteiger charge is -2.21. The molecule has 1 atom stereocenters. The van der Waals surface area contributed by atoms with Crippen molar-refractivity contribution >= 4 is 17.9 Å². The van der Waals surface area contributed by atoms with Crippen molar-refractivity contribution < 1.29 is 49.0 Å². The zero-order chi connectivity index (χ0) is 31.1. The van der Waals surface area contributed by atoms with E-state index in [-0.39, 0.29) is 46.6 Å². The lowest BCUT2D eigenvalue weighted by molar-refractivity contribution is -0.149. The Balaban J connectivity index is 1.84. The number of hydrogen-bond acceptors (Lipinski definition) is 10. The first-order chi connectivity index (χ1) is 20.5. The van der Waals surface area contributed by atoms with Crippen molar-refractivity contribution in [1.29, 1.82) is 0 Å². The molecule has 4 rings (SSSR count). The largest absolute Gasteiger partial charge is 0.508 e. The van der Waals surface area contributed by atoms with Crippen LogP contribution in [0.1, 0.15) is 32.3 Å². The molecule has 222 valence electrons. The van der Waals surface area contributed by atoms with Gasteiger partial charge in [0, 0.05) is 13.3 Å². The lowest BCUT2D eigenvalue weighted by atomic mass is 9.95. The van der Waals surface area contributed by atoms with E-state index in [2.05, 4.69) is 0 Å². The summed E-state index contributed by atoms with van der Waals surface area (Å²) in [6, 6.07) is 20.2. The first-order valence-corrected chi connectivity index (χ1v) is 13.4. The minimum atomic E-state index is -0.896. The Morgan fingerprint density at radius 1 is 0.674 bits per heavy atom. The molecule has 0 fully saturated rings. The molecule has 4 N–H and O–H groups in total. The number of benzene rings is 4. The van der Waals surface area contributed by atoms with Gasteiger partial charge in [-0.1, -0.05) is 54.6 Å². The number of phenolic OH excluding ortho intramolecular Hbond substituents is 4. The lowest BCUT2D eigenvalue weighted by Crippen LogP contribution is -2.20. The Morgan fingerprint density at radius 2 is 1.14 bits per heavy atom. The van der Waals surface area contributed by atoms with Gasteiger partial charge in [-0.2, -0.15) is 0 Å². The Hall–Kier alpha value is -5.51. The van der Waals surface area contributed by atoms with Crippen LogP contribution in [0.4, 0.5) is 0 Å². The summed E-state index contributed by atoms with van der Waals surface area (Å²) in [4.78, 5) is 37.3. The molecule has 43 heavy (non-hydrogen) atoms. The fraction of sp³-hybridized carbons (Fsp3) is 0.182. The van der Waals surface area contributed by atoms with Crippen molar-refractivity contribution in [3.63, 3.8) is 0 Å². The molecule has 0 spiro atoms. The summed E-state index contributed by atoms with van der Waals surface area (Å²) in [5.74, 6) is -4.52. The second kappa shape index (κ2) is 13.4. The molecule has 0 aliphatic carbocycles. The Labute approximate surface area is 247 Å². The van der Waals surface area contributed by atoms with Gasteiger partial charge < -0.3 is 34.6 Å². The highest BCUT2D eigenvalue weighted by Gasteiger charge is 2.31. The molecule has 0 aliphatic heterocycles. The monoisotopic (exact) mass is 586 g/mol. The predicted octanol–water partition coefficient (Wildman–Crippen LogP) is 5.63. The van der Waals surface area contributed by atoms with Gasteiger partial charge in [0.05, 0.1) is 17.5 Å². The van der Waals surface area contributed by atoms with Gasteiger partial charge in [-0.3, -0.25) is 14.4 Å². The number of ether oxygens (including phenoxy) is 3. The molecule has 4 aromatic carbocycles. The first-order valence-electron chi connectivity index (χ1n) is 13.4. The molecule has 0 bridgehead atoms. The number of phenols is 4. The maximum Gasteiger partial charge on any atom is 0.315 e. The summed E-state index contributed by atoms with van der Waals surface area (Å²) in [5, 5.41) is 42.8. The summed E-state index contributed by atoms with van der Waals surface area (Å²) < 4.78 is 16.2. The Morgan fingerprint density at radius 3 is 1.60 bits per heavy atom. The van der Waals surface area contributed by atoms with Crippen LogP contribution in [0.5, 0.6) is 34.5 Å². The molecular formula is C33H30O10. The summed E-state index contributed by atoms with van der Waals surface area (Å²) in [6.07, 6.45) is -0.931. The highest BCUT2D eigenvalue weighted by molar-refractivity contribution is 5.95. The Kier molecular flexibility index (Phi) is 9.51. The normalized spacial score (nSPS) is 11.4. The van der Waals surface area contributed by atoms with Crippen LogP contribution < -0.4 is 9.47 Å². The number of rotatable bonds is 10. The molecule has 10 nitrogen and oxygen atoms in total. The molecular weight excluding hydrogens is 556 g/mol. The maximum atomic E-state index is 13.0. The van der Waals surface area contributed by atoms with Crippen LogP contribution in [-0.4, -0.2) is 44.4 Å². The molecule has 0 heterocycles. The number of carbonyl (C=O) groups excluding carboxylic acids is 3. The maximum absolute atomic E-state index is 13.0. The number of aryl methyl sites for hydroxylation is 1. The highest BCUT2D eigenvalue weighted by Crippen LogP contribution is 2.56. The Bertz CT molecular complexity index is 1610. The summed E-state index contributed by atoms with van der Waals surface area (Å²) in [7, 11) is 0.